The Hall–Kier alpha value is -2.25. The lowest BCUT2D eigenvalue weighted by Gasteiger charge is -2.05. The van der Waals surface area contributed by atoms with Gasteiger partial charge in [-0.05, 0) is 37.6 Å². The van der Waals surface area contributed by atoms with E-state index >= 15 is 0 Å². The molecule has 3 rings (SSSR count). The van der Waals surface area contributed by atoms with E-state index in [9.17, 15) is 8.42 Å². The van der Waals surface area contributed by atoms with Crippen LogP contribution in [0, 0.1) is 13.8 Å². The van der Waals surface area contributed by atoms with Gasteiger partial charge in [0.15, 0.2) is 5.13 Å². The van der Waals surface area contributed by atoms with Gasteiger partial charge in [0.1, 0.15) is 0 Å². The van der Waals surface area contributed by atoms with E-state index in [0.29, 0.717) is 5.13 Å². The van der Waals surface area contributed by atoms with Crippen molar-refractivity contribution in [2.24, 2.45) is 0 Å². The standard InChI is InChI=1S/C16H15N3O2S2/c1-11-5-3-7-14(9-11)23(20,21)19-16-18-12(2)15(22-16)13-6-4-8-17-10-13/h3-10H,1-2H3,(H,18,19). The summed E-state index contributed by atoms with van der Waals surface area (Å²) >= 11 is 1.30. The Morgan fingerprint density at radius 1 is 1.13 bits per heavy atom. The minimum Gasteiger partial charge on any atom is -0.264 e. The van der Waals surface area contributed by atoms with Crippen LogP contribution in [0.5, 0.6) is 0 Å². The van der Waals surface area contributed by atoms with Gasteiger partial charge >= 0.3 is 0 Å². The molecule has 0 bridgehead atoms. The highest BCUT2D eigenvalue weighted by atomic mass is 32.2. The second-order valence-corrected chi connectivity index (χ2v) is 7.78. The van der Waals surface area contributed by atoms with Gasteiger partial charge in [-0.25, -0.2) is 13.4 Å². The van der Waals surface area contributed by atoms with Crippen LogP contribution in [0.15, 0.2) is 53.7 Å². The van der Waals surface area contributed by atoms with Gasteiger partial charge in [-0.3, -0.25) is 9.71 Å². The Morgan fingerprint density at radius 2 is 1.96 bits per heavy atom. The van der Waals surface area contributed by atoms with E-state index in [1.165, 1.54) is 11.3 Å². The molecule has 0 atom stereocenters. The molecule has 0 radical (unpaired) electrons. The molecule has 0 aliphatic heterocycles. The smallest absolute Gasteiger partial charge is 0.263 e. The van der Waals surface area contributed by atoms with Crippen molar-refractivity contribution < 1.29 is 8.42 Å². The summed E-state index contributed by atoms with van der Waals surface area (Å²) in [5, 5.41) is 0.350. The Morgan fingerprint density at radius 3 is 2.65 bits per heavy atom. The first-order valence-electron chi connectivity index (χ1n) is 6.93. The summed E-state index contributed by atoms with van der Waals surface area (Å²) in [5.74, 6) is 0. The summed E-state index contributed by atoms with van der Waals surface area (Å²) in [4.78, 5) is 9.54. The molecule has 0 amide bonds. The van der Waals surface area contributed by atoms with Gasteiger partial charge in [0, 0.05) is 18.0 Å². The van der Waals surface area contributed by atoms with Crippen LogP contribution in [0.2, 0.25) is 0 Å². The van der Waals surface area contributed by atoms with Gasteiger partial charge in [-0.2, -0.15) is 0 Å². The zero-order valence-electron chi connectivity index (χ0n) is 12.6. The minimum atomic E-state index is -3.64. The summed E-state index contributed by atoms with van der Waals surface area (Å²) in [6.45, 7) is 3.70. The fourth-order valence-corrected chi connectivity index (χ4v) is 4.46. The van der Waals surface area contributed by atoms with Gasteiger partial charge in [-0.15, -0.1) is 0 Å². The number of aryl methyl sites for hydroxylation is 2. The monoisotopic (exact) mass is 345 g/mol. The molecule has 0 aliphatic carbocycles. The van der Waals surface area contributed by atoms with Crippen molar-refractivity contribution in [3.05, 3.63) is 60.0 Å². The largest absolute Gasteiger partial charge is 0.264 e. The summed E-state index contributed by atoms with van der Waals surface area (Å²) < 4.78 is 27.5. The molecule has 7 heteroatoms. The van der Waals surface area contributed by atoms with Crippen molar-refractivity contribution in [1.29, 1.82) is 0 Å². The third kappa shape index (κ3) is 3.40. The van der Waals surface area contributed by atoms with E-state index in [2.05, 4.69) is 14.7 Å². The number of hydrogen-bond donors (Lipinski definition) is 1. The molecule has 0 spiro atoms. The minimum absolute atomic E-state index is 0.230. The van der Waals surface area contributed by atoms with E-state index in [-0.39, 0.29) is 4.90 Å². The average molecular weight is 345 g/mol. The first-order valence-corrected chi connectivity index (χ1v) is 9.23. The van der Waals surface area contributed by atoms with Crippen LogP contribution in [0.3, 0.4) is 0 Å². The molecule has 1 aromatic carbocycles. The maximum Gasteiger partial charge on any atom is 0.263 e. The maximum absolute atomic E-state index is 12.5. The molecular weight excluding hydrogens is 330 g/mol. The topological polar surface area (TPSA) is 72.0 Å². The zero-order valence-corrected chi connectivity index (χ0v) is 14.3. The van der Waals surface area contributed by atoms with Crippen LogP contribution in [0.4, 0.5) is 5.13 Å². The predicted molar refractivity (Wildman–Crippen MR) is 92.1 cm³/mol. The quantitative estimate of drug-likeness (QED) is 0.784. The van der Waals surface area contributed by atoms with Crippen molar-refractivity contribution >= 4 is 26.5 Å². The fraction of sp³-hybridized carbons (Fsp3) is 0.125. The summed E-state index contributed by atoms with van der Waals surface area (Å²) in [5.41, 5.74) is 2.58. The van der Waals surface area contributed by atoms with E-state index < -0.39 is 10.0 Å². The van der Waals surface area contributed by atoms with Crippen LogP contribution >= 0.6 is 11.3 Å². The van der Waals surface area contributed by atoms with Crippen molar-refractivity contribution in [1.82, 2.24) is 9.97 Å². The second kappa shape index (κ2) is 6.10. The molecule has 0 saturated heterocycles. The molecular formula is C16H15N3O2S2. The lowest BCUT2D eigenvalue weighted by Crippen LogP contribution is -2.12. The molecule has 3 aromatic rings. The molecule has 118 valence electrons. The highest BCUT2D eigenvalue weighted by Crippen LogP contribution is 2.33. The van der Waals surface area contributed by atoms with Crippen LogP contribution in [-0.2, 0) is 10.0 Å². The van der Waals surface area contributed by atoms with E-state index in [4.69, 9.17) is 0 Å². The fourth-order valence-electron chi connectivity index (χ4n) is 2.16. The van der Waals surface area contributed by atoms with Crippen LogP contribution < -0.4 is 4.72 Å². The highest BCUT2D eigenvalue weighted by molar-refractivity contribution is 7.93. The molecule has 0 aliphatic rings. The van der Waals surface area contributed by atoms with E-state index in [0.717, 1.165) is 21.7 Å². The second-order valence-electron chi connectivity index (χ2n) is 5.10. The number of anilines is 1. The number of aromatic nitrogens is 2. The number of hydrogen-bond acceptors (Lipinski definition) is 5. The number of pyridine rings is 1. The van der Waals surface area contributed by atoms with Gasteiger partial charge in [-0.1, -0.05) is 29.5 Å². The Labute approximate surface area is 139 Å². The predicted octanol–water partition coefficient (Wildman–Crippen LogP) is 3.62. The zero-order chi connectivity index (χ0) is 16.4. The number of nitrogens with one attached hydrogen (secondary N) is 1. The molecule has 2 heterocycles. The Bertz CT molecular complexity index is 935. The summed E-state index contributed by atoms with van der Waals surface area (Å²) in [6.07, 6.45) is 3.43. The normalized spacial score (nSPS) is 11.4. The Balaban J connectivity index is 1.92. The van der Waals surface area contributed by atoms with Crippen molar-refractivity contribution in [2.75, 3.05) is 4.72 Å². The van der Waals surface area contributed by atoms with Gasteiger partial charge in [0.2, 0.25) is 0 Å². The number of rotatable bonds is 4. The molecule has 1 N–H and O–H groups in total. The van der Waals surface area contributed by atoms with Gasteiger partial charge in [0.25, 0.3) is 10.0 Å². The molecule has 0 fully saturated rings. The first-order chi connectivity index (χ1) is 11.0. The van der Waals surface area contributed by atoms with Gasteiger partial charge in [0.05, 0.1) is 15.5 Å². The van der Waals surface area contributed by atoms with Crippen molar-refractivity contribution in [3.63, 3.8) is 0 Å². The van der Waals surface area contributed by atoms with Gasteiger partial charge < -0.3 is 0 Å². The van der Waals surface area contributed by atoms with E-state index in [1.807, 2.05) is 32.0 Å². The maximum atomic E-state index is 12.5. The van der Waals surface area contributed by atoms with Crippen LogP contribution in [0.1, 0.15) is 11.3 Å². The van der Waals surface area contributed by atoms with Crippen molar-refractivity contribution in [2.45, 2.75) is 18.7 Å². The first kappa shape index (κ1) is 15.6. The molecule has 0 unspecified atom stereocenters. The molecule has 5 nitrogen and oxygen atoms in total. The van der Waals surface area contributed by atoms with Crippen LogP contribution in [0.25, 0.3) is 10.4 Å². The summed E-state index contributed by atoms with van der Waals surface area (Å²) in [6, 6.07) is 10.5. The van der Waals surface area contributed by atoms with Crippen LogP contribution in [-0.4, -0.2) is 18.4 Å². The third-order valence-electron chi connectivity index (χ3n) is 3.24. The molecule has 0 saturated carbocycles. The number of thiazole rings is 1. The number of benzene rings is 1. The summed E-state index contributed by atoms with van der Waals surface area (Å²) in [7, 11) is -3.64. The third-order valence-corrected chi connectivity index (χ3v) is 5.83. The lowest BCUT2D eigenvalue weighted by atomic mass is 10.2. The lowest BCUT2D eigenvalue weighted by molar-refractivity contribution is 0.601. The Kier molecular flexibility index (Phi) is 4.14. The molecule has 2 aromatic heterocycles. The van der Waals surface area contributed by atoms with E-state index in [1.54, 1.807) is 30.6 Å². The average Bonchev–Trinajstić information content (AvgIpc) is 2.88. The number of nitrogens with zero attached hydrogens (tertiary/aromatic N) is 2. The van der Waals surface area contributed by atoms with Crippen molar-refractivity contribution in [3.8, 4) is 10.4 Å². The number of sulfonamides is 1. The molecule has 23 heavy (non-hydrogen) atoms. The highest BCUT2D eigenvalue weighted by Gasteiger charge is 2.18. The SMILES string of the molecule is Cc1cccc(S(=O)(=O)Nc2nc(C)c(-c3cccnc3)s2)c1.